The second-order valence-electron chi connectivity index (χ2n) is 6.37. The molecule has 7 heteroatoms. The molecule has 1 aromatic carbocycles. The molecule has 1 atom stereocenters. The van der Waals surface area contributed by atoms with Crippen molar-refractivity contribution in [2.45, 2.75) is 38.1 Å². The van der Waals surface area contributed by atoms with E-state index in [1.165, 1.54) is 6.33 Å². The molecule has 0 aliphatic carbocycles. The number of aromatic carboxylic acids is 1. The summed E-state index contributed by atoms with van der Waals surface area (Å²) in [6.45, 7) is 2.19. The quantitative estimate of drug-likeness (QED) is 0.869. The zero-order valence-corrected chi connectivity index (χ0v) is 14.0. The van der Waals surface area contributed by atoms with Gasteiger partial charge >= 0.3 is 5.97 Å². The van der Waals surface area contributed by atoms with E-state index >= 15 is 0 Å². The molecule has 1 aliphatic rings. The zero-order valence-electron chi connectivity index (χ0n) is 14.0. The Kier molecular flexibility index (Phi) is 5.42. The van der Waals surface area contributed by atoms with Gasteiger partial charge in [0.25, 0.3) is 0 Å². The third kappa shape index (κ3) is 4.43. The minimum absolute atomic E-state index is 0.173. The maximum Gasteiger partial charge on any atom is 0.335 e. The average molecular weight is 342 g/mol. The summed E-state index contributed by atoms with van der Waals surface area (Å²) in [4.78, 5) is 29.2. The number of aromatic nitrogens is 3. The predicted octanol–water partition coefficient (Wildman–Crippen LogP) is 2.16. The number of hydrogen-bond acceptors (Lipinski definition) is 4. The number of carboxylic acid groups (broad SMARTS) is 1. The molecule has 0 saturated carbocycles. The topological polar surface area (TPSA) is 88.3 Å². The van der Waals surface area contributed by atoms with Crippen LogP contribution in [0.3, 0.4) is 0 Å². The fourth-order valence-corrected chi connectivity index (χ4v) is 3.27. The number of carbonyl (C=O) groups is 2. The first kappa shape index (κ1) is 17.1. The summed E-state index contributed by atoms with van der Waals surface area (Å²) in [6.07, 6.45) is 6.39. The number of likely N-dealkylation sites (tertiary alicyclic amines) is 1. The molecule has 3 rings (SSSR count). The van der Waals surface area contributed by atoms with Gasteiger partial charge in [-0.25, -0.2) is 9.78 Å². The lowest BCUT2D eigenvalue weighted by Gasteiger charge is -2.33. The Bertz CT molecular complexity index is 712. The summed E-state index contributed by atoms with van der Waals surface area (Å²) >= 11 is 0. The highest BCUT2D eigenvalue weighted by atomic mass is 16.4. The van der Waals surface area contributed by atoms with Gasteiger partial charge in [0.15, 0.2) is 0 Å². The van der Waals surface area contributed by atoms with Crippen molar-refractivity contribution in [2.24, 2.45) is 0 Å². The molecule has 2 aromatic rings. The van der Waals surface area contributed by atoms with Crippen molar-refractivity contribution in [1.29, 1.82) is 0 Å². The van der Waals surface area contributed by atoms with E-state index in [4.69, 9.17) is 5.11 Å². The van der Waals surface area contributed by atoms with E-state index in [1.54, 1.807) is 23.1 Å². The molecular formula is C18H22N4O3. The van der Waals surface area contributed by atoms with Gasteiger partial charge in [-0.15, -0.1) is 0 Å². The number of carboxylic acids is 1. The Balaban J connectivity index is 1.53. The van der Waals surface area contributed by atoms with Crippen molar-refractivity contribution in [3.8, 4) is 0 Å². The van der Waals surface area contributed by atoms with E-state index in [2.05, 4.69) is 10.1 Å². The van der Waals surface area contributed by atoms with Crippen molar-refractivity contribution < 1.29 is 14.7 Å². The Morgan fingerprint density at radius 2 is 2.04 bits per heavy atom. The predicted molar refractivity (Wildman–Crippen MR) is 91.2 cm³/mol. The molecule has 132 valence electrons. The summed E-state index contributed by atoms with van der Waals surface area (Å²) < 4.78 is 1.73. The van der Waals surface area contributed by atoms with Crippen LogP contribution >= 0.6 is 0 Å². The van der Waals surface area contributed by atoms with Crippen molar-refractivity contribution >= 4 is 11.9 Å². The standard InChI is InChI=1S/C18H22N4O3/c23-17(4-2-10-22-13-19-12-20-22)21-9-1-3-16(11-21)14-5-7-15(8-6-14)18(24)25/h5-8,12-13,16H,1-4,9-11H2,(H,24,25)/t16-/m1/s1. The van der Waals surface area contributed by atoms with Crippen LogP contribution in [0.15, 0.2) is 36.9 Å². The van der Waals surface area contributed by atoms with Crippen LogP contribution in [0, 0.1) is 0 Å². The molecule has 0 unspecified atom stereocenters. The smallest absolute Gasteiger partial charge is 0.335 e. The lowest BCUT2D eigenvalue weighted by atomic mass is 9.90. The third-order valence-electron chi connectivity index (χ3n) is 4.65. The fourth-order valence-electron chi connectivity index (χ4n) is 3.27. The van der Waals surface area contributed by atoms with Gasteiger partial charge in [0.1, 0.15) is 12.7 Å². The lowest BCUT2D eigenvalue weighted by Crippen LogP contribution is -2.39. The van der Waals surface area contributed by atoms with Gasteiger partial charge in [-0.3, -0.25) is 9.48 Å². The van der Waals surface area contributed by atoms with E-state index in [0.717, 1.165) is 31.4 Å². The SMILES string of the molecule is O=C(O)c1ccc([C@@H]2CCCN(C(=O)CCCn3cncn3)C2)cc1. The van der Waals surface area contributed by atoms with E-state index in [1.807, 2.05) is 17.0 Å². The largest absolute Gasteiger partial charge is 0.478 e. The van der Waals surface area contributed by atoms with Gasteiger partial charge < -0.3 is 10.0 Å². The maximum absolute atomic E-state index is 12.4. The molecule has 1 N–H and O–H groups in total. The third-order valence-corrected chi connectivity index (χ3v) is 4.65. The number of aryl methyl sites for hydroxylation is 1. The van der Waals surface area contributed by atoms with Crippen molar-refractivity contribution in [1.82, 2.24) is 19.7 Å². The fraction of sp³-hybridized carbons (Fsp3) is 0.444. The minimum atomic E-state index is -0.917. The molecule has 0 radical (unpaired) electrons. The molecular weight excluding hydrogens is 320 g/mol. The molecule has 1 fully saturated rings. The molecule has 0 bridgehead atoms. The van der Waals surface area contributed by atoms with E-state index < -0.39 is 5.97 Å². The number of benzene rings is 1. The summed E-state index contributed by atoms with van der Waals surface area (Å²) in [6, 6.07) is 7.01. The van der Waals surface area contributed by atoms with Crippen LogP contribution in [0.4, 0.5) is 0 Å². The van der Waals surface area contributed by atoms with Crippen LogP contribution < -0.4 is 0 Å². The highest BCUT2D eigenvalue weighted by Gasteiger charge is 2.24. The van der Waals surface area contributed by atoms with Crippen molar-refractivity contribution in [2.75, 3.05) is 13.1 Å². The first-order valence-electron chi connectivity index (χ1n) is 8.57. The summed E-state index contributed by atoms with van der Waals surface area (Å²) in [5.41, 5.74) is 1.39. The second-order valence-corrected chi connectivity index (χ2v) is 6.37. The van der Waals surface area contributed by atoms with Crippen LogP contribution in [0.2, 0.25) is 0 Å². The zero-order chi connectivity index (χ0) is 17.6. The van der Waals surface area contributed by atoms with Gasteiger partial charge in [0, 0.05) is 32.0 Å². The Morgan fingerprint density at radius 3 is 2.72 bits per heavy atom. The Morgan fingerprint density at radius 1 is 1.24 bits per heavy atom. The number of nitrogens with zero attached hydrogens (tertiary/aromatic N) is 4. The molecule has 25 heavy (non-hydrogen) atoms. The van der Waals surface area contributed by atoms with Gasteiger partial charge in [-0.2, -0.15) is 5.10 Å². The van der Waals surface area contributed by atoms with Crippen LogP contribution in [0.5, 0.6) is 0 Å². The number of carbonyl (C=O) groups excluding carboxylic acids is 1. The average Bonchev–Trinajstić information content (AvgIpc) is 3.15. The van der Waals surface area contributed by atoms with Gasteiger partial charge in [-0.05, 0) is 37.0 Å². The van der Waals surface area contributed by atoms with E-state index in [9.17, 15) is 9.59 Å². The van der Waals surface area contributed by atoms with E-state index in [0.29, 0.717) is 25.1 Å². The molecule has 1 aliphatic heterocycles. The number of rotatable bonds is 6. The molecule has 1 amide bonds. The van der Waals surface area contributed by atoms with Crippen LogP contribution in [-0.2, 0) is 11.3 Å². The first-order chi connectivity index (χ1) is 12.1. The molecule has 7 nitrogen and oxygen atoms in total. The second kappa shape index (κ2) is 7.92. The van der Waals surface area contributed by atoms with Crippen molar-refractivity contribution in [3.63, 3.8) is 0 Å². The maximum atomic E-state index is 12.4. The molecule has 0 spiro atoms. The summed E-state index contributed by atoms with van der Waals surface area (Å²) in [5, 5.41) is 13.0. The summed E-state index contributed by atoms with van der Waals surface area (Å²) in [5.74, 6) is -0.470. The summed E-state index contributed by atoms with van der Waals surface area (Å²) in [7, 11) is 0. The Labute approximate surface area is 146 Å². The van der Waals surface area contributed by atoms with E-state index in [-0.39, 0.29) is 11.8 Å². The molecule has 2 heterocycles. The Hall–Kier alpha value is -2.70. The lowest BCUT2D eigenvalue weighted by molar-refractivity contribution is -0.132. The van der Waals surface area contributed by atoms with Gasteiger partial charge in [0.05, 0.1) is 5.56 Å². The van der Waals surface area contributed by atoms with Crippen LogP contribution in [0.1, 0.15) is 47.5 Å². The monoisotopic (exact) mass is 342 g/mol. The first-order valence-corrected chi connectivity index (χ1v) is 8.57. The normalized spacial score (nSPS) is 17.4. The minimum Gasteiger partial charge on any atom is -0.478 e. The van der Waals surface area contributed by atoms with Crippen LogP contribution in [0.25, 0.3) is 0 Å². The van der Waals surface area contributed by atoms with Crippen LogP contribution in [-0.4, -0.2) is 49.7 Å². The number of piperidine rings is 1. The van der Waals surface area contributed by atoms with Gasteiger partial charge in [-0.1, -0.05) is 12.1 Å². The highest BCUT2D eigenvalue weighted by Crippen LogP contribution is 2.27. The van der Waals surface area contributed by atoms with Gasteiger partial charge in [0.2, 0.25) is 5.91 Å². The molecule has 1 aromatic heterocycles. The number of hydrogen-bond donors (Lipinski definition) is 1. The number of amides is 1. The van der Waals surface area contributed by atoms with Crippen molar-refractivity contribution in [3.05, 3.63) is 48.0 Å². The highest BCUT2D eigenvalue weighted by molar-refractivity contribution is 5.87. The molecule has 1 saturated heterocycles.